The SMILES string of the molecule is O=C1CC(C2CC2)NN1c1ccccc1O. The second-order valence-corrected chi connectivity index (χ2v) is 4.50. The fourth-order valence-corrected chi connectivity index (χ4v) is 2.19. The number of para-hydroxylation sites is 2. The Morgan fingerprint density at radius 3 is 2.75 bits per heavy atom. The van der Waals surface area contributed by atoms with Crippen molar-refractivity contribution in [2.24, 2.45) is 5.92 Å². The van der Waals surface area contributed by atoms with Crippen LogP contribution in [0.1, 0.15) is 19.3 Å². The Balaban J connectivity index is 1.85. The number of amides is 1. The van der Waals surface area contributed by atoms with Crippen LogP contribution in [-0.2, 0) is 4.79 Å². The van der Waals surface area contributed by atoms with E-state index in [4.69, 9.17) is 0 Å². The molecule has 0 radical (unpaired) electrons. The first kappa shape index (κ1) is 9.66. The van der Waals surface area contributed by atoms with Crippen LogP contribution >= 0.6 is 0 Å². The molecule has 16 heavy (non-hydrogen) atoms. The van der Waals surface area contributed by atoms with Crippen molar-refractivity contribution in [3.05, 3.63) is 24.3 Å². The van der Waals surface area contributed by atoms with Gasteiger partial charge in [0.15, 0.2) is 0 Å². The van der Waals surface area contributed by atoms with Gasteiger partial charge in [0.2, 0.25) is 5.91 Å². The molecule has 0 spiro atoms. The van der Waals surface area contributed by atoms with E-state index >= 15 is 0 Å². The van der Waals surface area contributed by atoms with Gasteiger partial charge < -0.3 is 5.11 Å². The molecule has 1 aliphatic heterocycles. The first-order chi connectivity index (χ1) is 7.75. The molecule has 1 heterocycles. The first-order valence-electron chi connectivity index (χ1n) is 5.63. The number of phenolic OH excluding ortho intramolecular Hbond substituents is 1. The lowest BCUT2D eigenvalue weighted by atomic mass is 10.1. The normalized spacial score (nSPS) is 25.1. The van der Waals surface area contributed by atoms with Crippen LogP contribution in [0.3, 0.4) is 0 Å². The molecular weight excluding hydrogens is 204 g/mol. The van der Waals surface area contributed by atoms with Gasteiger partial charge in [-0.2, -0.15) is 0 Å². The largest absolute Gasteiger partial charge is 0.506 e. The molecule has 4 heteroatoms. The number of carbonyl (C=O) groups is 1. The summed E-state index contributed by atoms with van der Waals surface area (Å²) in [6.45, 7) is 0. The van der Waals surface area contributed by atoms with Crippen LogP contribution in [0.15, 0.2) is 24.3 Å². The maximum absolute atomic E-state index is 11.8. The lowest BCUT2D eigenvalue weighted by molar-refractivity contribution is -0.117. The van der Waals surface area contributed by atoms with E-state index in [-0.39, 0.29) is 17.7 Å². The summed E-state index contributed by atoms with van der Waals surface area (Å²) < 4.78 is 0. The Kier molecular flexibility index (Phi) is 2.11. The minimum absolute atomic E-state index is 0.0402. The second kappa shape index (κ2) is 3.49. The standard InChI is InChI=1S/C12H14N2O2/c15-11-4-2-1-3-10(11)14-12(16)7-9(13-14)8-5-6-8/h1-4,8-9,13,15H,5-7H2. The van der Waals surface area contributed by atoms with Crippen LogP contribution in [0.4, 0.5) is 5.69 Å². The van der Waals surface area contributed by atoms with Crippen molar-refractivity contribution in [2.75, 3.05) is 5.01 Å². The smallest absolute Gasteiger partial charge is 0.243 e. The fourth-order valence-electron chi connectivity index (χ4n) is 2.19. The van der Waals surface area contributed by atoms with E-state index in [9.17, 15) is 9.90 Å². The van der Waals surface area contributed by atoms with Gasteiger partial charge in [-0.15, -0.1) is 0 Å². The van der Waals surface area contributed by atoms with Gasteiger partial charge in [-0.25, -0.2) is 10.4 Å². The maximum Gasteiger partial charge on any atom is 0.243 e. The molecule has 0 bridgehead atoms. The lowest BCUT2D eigenvalue weighted by Crippen LogP contribution is -2.38. The molecule has 1 unspecified atom stereocenters. The molecule has 1 saturated heterocycles. The molecule has 3 rings (SSSR count). The Morgan fingerprint density at radius 1 is 1.31 bits per heavy atom. The van der Waals surface area contributed by atoms with Crippen molar-refractivity contribution in [2.45, 2.75) is 25.3 Å². The zero-order chi connectivity index (χ0) is 11.1. The predicted molar refractivity (Wildman–Crippen MR) is 59.9 cm³/mol. The van der Waals surface area contributed by atoms with Crippen LogP contribution in [0.2, 0.25) is 0 Å². The average Bonchev–Trinajstić information content (AvgIpc) is 3.04. The molecule has 1 atom stereocenters. The van der Waals surface area contributed by atoms with E-state index in [1.54, 1.807) is 18.2 Å². The third kappa shape index (κ3) is 1.55. The molecule has 1 saturated carbocycles. The second-order valence-electron chi connectivity index (χ2n) is 4.50. The van der Waals surface area contributed by atoms with Crippen molar-refractivity contribution >= 4 is 11.6 Å². The highest BCUT2D eigenvalue weighted by Crippen LogP contribution is 2.38. The summed E-state index contributed by atoms with van der Waals surface area (Å²) in [5, 5.41) is 11.2. The first-order valence-corrected chi connectivity index (χ1v) is 5.63. The van der Waals surface area contributed by atoms with Crippen LogP contribution in [0.25, 0.3) is 0 Å². The molecule has 84 valence electrons. The lowest BCUT2D eigenvalue weighted by Gasteiger charge is -2.18. The van der Waals surface area contributed by atoms with Crippen LogP contribution in [0.5, 0.6) is 5.75 Å². The summed E-state index contributed by atoms with van der Waals surface area (Å²) >= 11 is 0. The van der Waals surface area contributed by atoms with Gasteiger partial charge in [-0.1, -0.05) is 12.1 Å². The highest BCUT2D eigenvalue weighted by molar-refractivity contribution is 5.96. The van der Waals surface area contributed by atoms with Crippen molar-refractivity contribution in [1.29, 1.82) is 0 Å². The number of hydrazine groups is 1. The highest BCUT2D eigenvalue weighted by atomic mass is 16.3. The van der Waals surface area contributed by atoms with Gasteiger partial charge in [0.05, 0.1) is 0 Å². The molecule has 0 aromatic heterocycles. The molecule has 4 nitrogen and oxygen atoms in total. The van der Waals surface area contributed by atoms with Gasteiger partial charge in [-0.05, 0) is 30.9 Å². The van der Waals surface area contributed by atoms with Crippen molar-refractivity contribution in [3.8, 4) is 5.75 Å². The number of rotatable bonds is 2. The number of phenols is 1. The molecule has 1 amide bonds. The number of hydrogen-bond acceptors (Lipinski definition) is 3. The molecule has 1 aromatic rings. The summed E-state index contributed by atoms with van der Waals surface area (Å²) in [7, 11) is 0. The molecular formula is C12H14N2O2. The van der Waals surface area contributed by atoms with E-state index in [1.165, 1.54) is 17.9 Å². The summed E-state index contributed by atoms with van der Waals surface area (Å²) in [6, 6.07) is 7.16. The number of anilines is 1. The van der Waals surface area contributed by atoms with Crippen LogP contribution < -0.4 is 10.4 Å². The van der Waals surface area contributed by atoms with E-state index in [1.807, 2.05) is 6.07 Å². The molecule has 2 N–H and O–H groups in total. The number of benzene rings is 1. The number of carbonyl (C=O) groups excluding carboxylic acids is 1. The quantitative estimate of drug-likeness (QED) is 0.789. The Hall–Kier alpha value is -1.55. The van der Waals surface area contributed by atoms with Gasteiger partial charge in [0.1, 0.15) is 11.4 Å². The van der Waals surface area contributed by atoms with Gasteiger partial charge in [0.25, 0.3) is 0 Å². The molecule has 1 aromatic carbocycles. The van der Waals surface area contributed by atoms with Crippen molar-refractivity contribution < 1.29 is 9.90 Å². The third-order valence-corrected chi connectivity index (χ3v) is 3.25. The zero-order valence-corrected chi connectivity index (χ0v) is 8.89. The minimum Gasteiger partial charge on any atom is -0.506 e. The summed E-state index contributed by atoms with van der Waals surface area (Å²) in [6.07, 6.45) is 2.96. The van der Waals surface area contributed by atoms with Crippen LogP contribution in [0, 0.1) is 5.92 Å². The fraction of sp³-hybridized carbons (Fsp3) is 0.417. The van der Waals surface area contributed by atoms with Gasteiger partial charge in [0, 0.05) is 12.5 Å². The zero-order valence-electron chi connectivity index (χ0n) is 8.89. The Morgan fingerprint density at radius 2 is 2.06 bits per heavy atom. The average molecular weight is 218 g/mol. The van der Waals surface area contributed by atoms with Crippen LogP contribution in [-0.4, -0.2) is 17.1 Å². The highest BCUT2D eigenvalue weighted by Gasteiger charge is 2.40. The Bertz CT molecular complexity index is 429. The number of nitrogens with zero attached hydrogens (tertiary/aromatic N) is 1. The Labute approximate surface area is 93.8 Å². The van der Waals surface area contributed by atoms with E-state index < -0.39 is 0 Å². The van der Waals surface area contributed by atoms with E-state index in [0.29, 0.717) is 18.0 Å². The summed E-state index contributed by atoms with van der Waals surface area (Å²) in [4.78, 5) is 11.8. The molecule has 1 aliphatic carbocycles. The number of aromatic hydroxyl groups is 1. The van der Waals surface area contributed by atoms with E-state index in [2.05, 4.69) is 5.43 Å². The molecule has 2 fully saturated rings. The summed E-state index contributed by atoms with van der Waals surface area (Å²) in [5.41, 5.74) is 3.74. The minimum atomic E-state index is 0.0402. The predicted octanol–water partition coefficient (Wildman–Crippen LogP) is 1.41. The summed E-state index contributed by atoms with van der Waals surface area (Å²) in [5.74, 6) is 0.818. The molecule has 2 aliphatic rings. The number of nitrogens with one attached hydrogen (secondary N) is 1. The van der Waals surface area contributed by atoms with Gasteiger partial charge in [-0.3, -0.25) is 4.79 Å². The third-order valence-electron chi connectivity index (χ3n) is 3.25. The van der Waals surface area contributed by atoms with Crippen molar-refractivity contribution in [1.82, 2.24) is 5.43 Å². The monoisotopic (exact) mass is 218 g/mol. The van der Waals surface area contributed by atoms with Crippen molar-refractivity contribution in [3.63, 3.8) is 0 Å². The maximum atomic E-state index is 11.8. The van der Waals surface area contributed by atoms with Gasteiger partial charge >= 0.3 is 0 Å². The van der Waals surface area contributed by atoms with E-state index in [0.717, 1.165) is 0 Å². The topological polar surface area (TPSA) is 52.6 Å². The number of hydrogen-bond donors (Lipinski definition) is 2.